The first-order valence-corrected chi connectivity index (χ1v) is 7.29. The molecular weight excluding hydrogens is 294 g/mol. The van der Waals surface area contributed by atoms with Crippen molar-refractivity contribution in [2.75, 3.05) is 13.2 Å². The van der Waals surface area contributed by atoms with E-state index in [0.29, 0.717) is 13.0 Å². The first-order valence-electron chi connectivity index (χ1n) is 7.29. The number of carbonyl (C=O) groups is 1. The average Bonchev–Trinajstić information content (AvgIpc) is 3.17. The van der Waals surface area contributed by atoms with Gasteiger partial charge in [-0.15, -0.1) is 0 Å². The lowest BCUT2D eigenvalue weighted by molar-refractivity contribution is -0.159. The maximum absolute atomic E-state index is 13.7. The summed E-state index contributed by atoms with van der Waals surface area (Å²) in [7, 11) is 0. The maximum atomic E-state index is 13.7. The van der Waals surface area contributed by atoms with E-state index in [1.807, 2.05) is 0 Å². The van der Waals surface area contributed by atoms with Gasteiger partial charge in [0.2, 0.25) is 0 Å². The molecule has 1 aromatic carbocycles. The van der Waals surface area contributed by atoms with Crippen LogP contribution in [-0.2, 0) is 19.0 Å². The van der Waals surface area contributed by atoms with Crippen molar-refractivity contribution >= 4 is 5.97 Å². The topological polar surface area (TPSA) is 44.8 Å². The van der Waals surface area contributed by atoms with Gasteiger partial charge in [-0.05, 0) is 44.0 Å². The third-order valence-corrected chi connectivity index (χ3v) is 3.93. The molecule has 0 N–H and O–H groups in total. The molecule has 1 saturated carbocycles. The number of hydrogen-bond donors (Lipinski definition) is 0. The molecule has 3 rings (SSSR count). The van der Waals surface area contributed by atoms with E-state index >= 15 is 0 Å². The normalized spacial score (nSPS) is 29.4. The molecule has 6 heteroatoms. The van der Waals surface area contributed by atoms with E-state index in [1.165, 1.54) is 0 Å². The highest BCUT2D eigenvalue weighted by Gasteiger charge is 2.47. The summed E-state index contributed by atoms with van der Waals surface area (Å²) in [5.41, 5.74) is 0.239. The first kappa shape index (κ1) is 15.4. The second-order valence-corrected chi connectivity index (χ2v) is 6.20. The van der Waals surface area contributed by atoms with Gasteiger partial charge in [0.05, 0.1) is 12.5 Å². The minimum absolute atomic E-state index is 0.108. The molecule has 2 aliphatic rings. The van der Waals surface area contributed by atoms with Crippen molar-refractivity contribution in [1.82, 2.24) is 0 Å². The van der Waals surface area contributed by atoms with Gasteiger partial charge in [0.25, 0.3) is 0 Å². The smallest absolute Gasteiger partial charge is 0.309 e. The highest BCUT2D eigenvalue weighted by Crippen LogP contribution is 2.49. The van der Waals surface area contributed by atoms with Crippen LogP contribution in [0, 0.1) is 17.6 Å². The molecule has 2 fully saturated rings. The van der Waals surface area contributed by atoms with Crippen molar-refractivity contribution in [2.24, 2.45) is 5.92 Å². The van der Waals surface area contributed by atoms with E-state index in [2.05, 4.69) is 0 Å². The fraction of sp³-hybridized carbons (Fsp3) is 0.562. The van der Waals surface area contributed by atoms with Crippen LogP contribution in [0.5, 0.6) is 0 Å². The lowest BCUT2D eigenvalue weighted by Gasteiger charge is -2.17. The highest BCUT2D eigenvalue weighted by molar-refractivity contribution is 5.77. The molecule has 1 aromatic rings. The quantitative estimate of drug-likeness (QED) is 0.802. The molecule has 0 radical (unpaired) electrons. The van der Waals surface area contributed by atoms with E-state index in [-0.39, 0.29) is 24.2 Å². The predicted octanol–water partition coefficient (Wildman–Crippen LogP) is 2.76. The lowest BCUT2D eigenvalue weighted by Crippen LogP contribution is -2.25. The number of rotatable bonds is 4. The van der Waals surface area contributed by atoms with Crippen LogP contribution in [0.3, 0.4) is 0 Å². The zero-order valence-corrected chi connectivity index (χ0v) is 12.5. The molecule has 0 bridgehead atoms. The summed E-state index contributed by atoms with van der Waals surface area (Å²) in [5.74, 6) is -2.77. The molecule has 22 heavy (non-hydrogen) atoms. The lowest BCUT2D eigenvalue weighted by atomic mass is 10.1. The Morgan fingerprint density at radius 1 is 1.41 bits per heavy atom. The zero-order valence-electron chi connectivity index (χ0n) is 12.5. The fourth-order valence-corrected chi connectivity index (χ4v) is 2.73. The van der Waals surface area contributed by atoms with Crippen molar-refractivity contribution in [1.29, 1.82) is 0 Å². The Balaban J connectivity index is 1.52. The monoisotopic (exact) mass is 312 g/mol. The minimum Gasteiger partial charge on any atom is -0.463 e. The summed E-state index contributed by atoms with van der Waals surface area (Å²) >= 11 is 0. The number of halogens is 2. The van der Waals surface area contributed by atoms with Crippen LogP contribution in [0.4, 0.5) is 8.78 Å². The zero-order chi connectivity index (χ0) is 15.9. The van der Waals surface area contributed by atoms with Gasteiger partial charge in [-0.25, -0.2) is 8.78 Å². The van der Waals surface area contributed by atoms with E-state index < -0.39 is 29.3 Å². The molecule has 0 amide bonds. The highest BCUT2D eigenvalue weighted by atomic mass is 19.1. The molecule has 1 saturated heterocycles. The molecule has 0 aromatic heterocycles. The van der Waals surface area contributed by atoms with Crippen molar-refractivity contribution in [3.63, 3.8) is 0 Å². The van der Waals surface area contributed by atoms with Crippen molar-refractivity contribution < 1.29 is 27.8 Å². The van der Waals surface area contributed by atoms with Crippen LogP contribution in [0.2, 0.25) is 0 Å². The Labute approximate surface area is 127 Å². The van der Waals surface area contributed by atoms with Crippen LogP contribution in [0.25, 0.3) is 0 Å². The van der Waals surface area contributed by atoms with E-state index in [9.17, 15) is 13.6 Å². The SMILES string of the molecule is CC1(C)OC[C@H](COC(=O)[C@H]2C[C@@H]2c2cc(F)ccc2F)O1. The number of hydrogen-bond acceptors (Lipinski definition) is 4. The van der Waals surface area contributed by atoms with E-state index in [1.54, 1.807) is 13.8 Å². The first-order chi connectivity index (χ1) is 10.4. The largest absolute Gasteiger partial charge is 0.463 e. The Kier molecular flexibility index (Phi) is 3.91. The molecule has 1 aliphatic heterocycles. The molecule has 1 aliphatic carbocycles. The Morgan fingerprint density at radius 2 is 2.18 bits per heavy atom. The van der Waals surface area contributed by atoms with E-state index in [4.69, 9.17) is 14.2 Å². The molecule has 1 heterocycles. The van der Waals surface area contributed by atoms with Gasteiger partial charge in [0, 0.05) is 5.92 Å². The summed E-state index contributed by atoms with van der Waals surface area (Å²) in [4.78, 5) is 12.0. The van der Waals surface area contributed by atoms with Crippen LogP contribution in [-0.4, -0.2) is 31.1 Å². The minimum atomic E-state index is -0.663. The Bertz CT molecular complexity index is 588. The predicted molar refractivity (Wildman–Crippen MR) is 73.1 cm³/mol. The summed E-state index contributed by atoms with van der Waals surface area (Å²) in [6, 6.07) is 3.29. The van der Waals surface area contributed by atoms with Crippen molar-refractivity contribution in [2.45, 2.75) is 38.1 Å². The number of ether oxygens (including phenoxy) is 3. The van der Waals surface area contributed by atoms with Crippen molar-refractivity contribution in [3.8, 4) is 0 Å². The Hall–Kier alpha value is -1.53. The number of esters is 1. The summed E-state index contributed by atoms with van der Waals surface area (Å²) in [6.45, 7) is 4.06. The van der Waals surface area contributed by atoms with Gasteiger partial charge < -0.3 is 14.2 Å². The fourth-order valence-electron chi connectivity index (χ4n) is 2.73. The molecule has 4 nitrogen and oxygen atoms in total. The third-order valence-electron chi connectivity index (χ3n) is 3.93. The maximum Gasteiger partial charge on any atom is 0.309 e. The van der Waals surface area contributed by atoms with Gasteiger partial charge in [-0.2, -0.15) is 0 Å². The van der Waals surface area contributed by atoms with Crippen LogP contribution in [0.15, 0.2) is 18.2 Å². The summed E-state index contributed by atoms with van der Waals surface area (Å²) < 4.78 is 43.0. The summed E-state index contributed by atoms with van der Waals surface area (Å²) in [5, 5.41) is 0. The van der Waals surface area contributed by atoms with Gasteiger partial charge >= 0.3 is 5.97 Å². The Morgan fingerprint density at radius 3 is 2.86 bits per heavy atom. The molecule has 0 spiro atoms. The van der Waals surface area contributed by atoms with Crippen LogP contribution in [0.1, 0.15) is 31.7 Å². The third kappa shape index (κ3) is 3.28. The van der Waals surface area contributed by atoms with Gasteiger partial charge in [-0.3, -0.25) is 4.79 Å². The molecule has 3 atom stereocenters. The number of carbonyl (C=O) groups excluding carboxylic acids is 1. The van der Waals surface area contributed by atoms with Gasteiger partial charge in [-0.1, -0.05) is 0 Å². The molecular formula is C16H18F2O4. The molecule has 0 unspecified atom stereocenters. The van der Waals surface area contributed by atoms with Crippen molar-refractivity contribution in [3.05, 3.63) is 35.4 Å². The summed E-state index contributed by atoms with van der Waals surface area (Å²) in [6.07, 6.45) is 0.189. The second-order valence-electron chi connectivity index (χ2n) is 6.20. The van der Waals surface area contributed by atoms with Gasteiger partial charge in [0.15, 0.2) is 5.79 Å². The van der Waals surface area contributed by atoms with Gasteiger partial charge in [0.1, 0.15) is 24.3 Å². The van der Waals surface area contributed by atoms with Crippen LogP contribution >= 0.6 is 0 Å². The average molecular weight is 312 g/mol. The number of benzene rings is 1. The second kappa shape index (κ2) is 5.59. The molecule has 120 valence electrons. The van der Waals surface area contributed by atoms with E-state index in [0.717, 1.165) is 18.2 Å². The van der Waals surface area contributed by atoms with Crippen LogP contribution < -0.4 is 0 Å². The standard InChI is InChI=1S/C16H18F2O4/c1-16(2)21-8-10(22-16)7-20-15(19)13-6-11(13)12-5-9(17)3-4-14(12)18/h3-5,10-11,13H,6-8H2,1-2H3/t10-,11+,13-/m0/s1.